The molecule has 0 spiro atoms. The van der Waals surface area contributed by atoms with Crippen LogP contribution in [0.2, 0.25) is 0 Å². The minimum atomic E-state index is 0.152. The Morgan fingerprint density at radius 2 is 2.14 bits per heavy atom. The highest BCUT2D eigenvalue weighted by Crippen LogP contribution is 2.24. The zero-order valence-electron chi connectivity index (χ0n) is 11.9. The van der Waals surface area contributed by atoms with Crippen LogP contribution in [0.3, 0.4) is 0 Å². The van der Waals surface area contributed by atoms with Gasteiger partial charge in [0.15, 0.2) is 0 Å². The molecule has 2 N–H and O–H groups in total. The number of rotatable bonds is 3. The highest BCUT2D eigenvalue weighted by Gasteiger charge is 2.15. The van der Waals surface area contributed by atoms with Crippen LogP contribution in [0.25, 0.3) is 0 Å². The number of aromatic nitrogens is 1. The van der Waals surface area contributed by atoms with Crippen LogP contribution in [0.4, 0.5) is 11.5 Å². The first-order valence-corrected chi connectivity index (χ1v) is 7.83. The first-order valence-electron chi connectivity index (χ1n) is 7.04. The molecular weight excluding hydrogens is 330 g/mol. The Kier molecular flexibility index (Phi) is 4.53. The fourth-order valence-corrected chi connectivity index (χ4v) is 2.60. The third-order valence-corrected chi connectivity index (χ3v) is 4.37. The first-order chi connectivity index (χ1) is 10.2. The molecule has 5 heteroatoms. The molecule has 0 amide bonds. The average molecular weight is 348 g/mol. The molecule has 2 heterocycles. The Morgan fingerprint density at radius 1 is 1.33 bits per heavy atom. The number of nitrogens with one attached hydrogen (secondary N) is 2. The van der Waals surface area contributed by atoms with Gasteiger partial charge in [0.05, 0.1) is 12.7 Å². The molecule has 0 bridgehead atoms. The van der Waals surface area contributed by atoms with Crippen molar-refractivity contribution in [2.24, 2.45) is 0 Å². The van der Waals surface area contributed by atoms with E-state index >= 15 is 0 Å². The highest BCUT2D eigenvalue weighted by molar-refractivity contribution is 9.10. The second kappa shape index (κ2) is 6.56. The topological polar surface area (TPSA) is 46.2 Å². The van der Waals surface area contributed by atoms with Crippen LogP contribution in [0.5, 0.6) is 0 Å². The van der Waals surface area contributed by atoms with Gasteiger partial charge in [-0.1, -0.05) is 28.1 Å². The fourth-order valence-electron chi connectivity index (χ4n) is 2.28. The smallest absolute Gasteiger partial charge is 0.131 e. The molecule has 1 saturated heterocycles. The second-order valence-corrected chi connectivity index (χ2v) is 5.98. The lowest BCUT2D eigenvalue weighted by atomic mass is 10.1. The van der Waals surface area contributed by atoms with E-state index in [1.807, 2.05) is 19.2 Å². The summed E-state index contributed by atoms with van der Waals surface area (Å²) in [4.78, 5) is 4.37. The molecule has 2 aromatic rings. The molecule has 0 radical (unpaired) electrons. The highest BCUT2D eigenvalue weighted by atomic mass is 79.9. The lowest BCUT2D eigenvalue weighted by molar-refractivity contribution is 0.0277. The van der Waals surface area contributed by atoms with Gasteiger partial charge in [0.1, 0.15) is 5.82 Å². The summed E-state index contributed by atoms with van der Waals surface area (Å²) in [5, 5.41) is 6.65. The van der Waals surface area contributed by atoms with Crippen LogP contribution in [0.15, 0.2) is 41.0 Å². The standard InChI is InChI=1S/C16H18BrN3O/c1-11-9-19-16(8-14(11)17)20-13-4-2-12(3-5-13)15-10-18-6-7-21-15/h2-5,8-9,15,18H,6-7,10H2,1H3,(H,19,20)/t15-/m1/s1. The normalized spacial score (nSPS) is 18.5. The van der Waals surface area contributed by atoms with Gasteiger partial charge in [0.2, 0.25) is 0 Å². The Morgan fingerprint density at radius 3 is 2.81 bits per heavy atom. The maximum Gasteiger partial charge on any atom is 0.131 e. The molecule has 3 rings (SSSR count). The zero-order chi connectivity index (χ0) is 14.7. The number of aryl methyl sites for hydroxylation is 1. The maximum absolute atomic E-state index is 5.75. The molecule has 1 aliphatic rings. The summed E-state index contributed by atoms with van der Waals surface area (Å²) in [5.74, 6) is 0.829. The molecule has 4 nitrogen and oxygen atoms in total. The first kappa shape index (κ1) is 14.5. The van der Waals surface area contributed by atoms with Crippen molar-refractivity contribution in [2.45, 2.75) is 13.0 Å². The molecule has 0 saturated carbocycles. The number of ether oxygens (including phenoxy) is 1. The molecule has 0 aliphatic carbocycles. The van der Waals surface area contributed by atoms with E-state index in [1.54, 1.807) is 0 Å². The van der Waals surface area contributed by atoms with Crippen LogP contribution in [0.1, 0.15) is 17.2 Å². The maximum atomic E-state index is 5.75. The van der Waals surface area contributed by atoms with Crippen molar-refractivity contribution < 1.29 is 4.74 Å². The van der Waals surface area contributed by atoms with E-state index in [4.69, 9.17) is 4.74 Å². The summed E-state index contributed by atoms with van der Waals surface area (Å²) in [5.41, 5.74) is 3.34. The van der Waals surface area contributed by atoms with Gasteiger partial charge in [-0.25, -0.2) is 4.98 Å². The SMILES string of the molecule is Cc1cnc(Nc2ccc([C@H]3CNCCO3)cc2)cc1Br. The van der Waals surface area contributed by atoms with E-state index in [1.165, 1.54) is 5.56 Å². The van der Waals surface area contributed by atoms with Crippen molar-refractivity contribution in [3.8, 4) is 0 Å². The van der Waals surface area contributed by atoms with Gasteiger partial charge in [-0.15, -0.1) is 0 Å². The van der Waals surface area contributed by atoms with Crippen molar-refractivity contribution in [2.75, 3.05) is 25.0 Å². The van der Waals surface area contributed by atoms with E-state index in [2.05, 4.69) is 55.8 Å². The molecule has 1 fully saturated rings. The second-order valence-electron chi connectivity index (χ2n) is 5.13. The van der Waals surface area contributed by atoms with Gasteiger partial charge < -0.3 is 15.4 Å². The van der Waals surface area contributed by atoms with Gasteiger partial charge in [-0.3, -0.25) is 0 Å². The summed E-state index contributed by atoms with van der Waals surface area (Å²) >= 11 is 3.52. The molecule has 1 aromatic heterocycles. The van der Waals surface area contributed by atoms with Crippen LogP contribution < -0.4 is 10.6 Å². The zero-order valence-corrected chi connectivity index (χ0v) is 13.5. The van der Waals surface area contributed by atoms with Gasteiger partial charge in [0, 0.05) is 29.4 Å². The van der Waals surface area contributed by atoms with Gasteiger partial charge in [-0.05, 0) is 36.2 Å². The van der Waals surface area contributed by atoms with Crippen LogP contribution >= 0.6 is 15.9 Å². The third kappa shape index (κ3) is 3.61. The fraction of sp³-hybridized carbons (Fsp3) is 0.312. The summed E-state index contributed by atoms with van der Waals surface area (Å²) in [6.07, 6.45) is 2.00. The minimum Gasteiger partial charge on any atom is -0.371 e. The third-order valence-electron chi connectivity index (χ3n) is 3.52. The molecule has 21 heavy (non-hydrogen) atoms. The molecule has 0 unspecified atom stereocenters. The molecule has 1 atom stereocenters. The Hall–Kier alpha value is -1.43. The van der Waals surface area contributed by atoms with Crippen molar-refractivity contribution in [1.29, 1.82) is 0 Å². The van der Waals surface area contributed by atoms with Crippen LogP contribution in [0, 0.1) is 6.92 Å². The number of nitrogens with zero attached hydrogens (tertiary/aromatic N) is 1. The number of halogens is 1. The van der Waals surface area contributed by atoms with Crippen molar-refractivity contribution in [1.82, 2.24) is 10.3 Å². The monoisotopic (exact) mass is 347 g/mol. The molecular formula is C16H18BrN3O. The number of anilines is 2. The van der Waals surface area contributed by atoms with Gasteiger partial charge >= 0.3 is 0 Å². The number of hydrogen-bond donors (Lipinski definition) is 2. The average Bonchev–Trinajstić information content (AvgIpc) is 2.53. The molecule has 1 aliphatic heterocycles. The van der Waals surface area contributed by atoms with Gasteiger partial charge in [0.25, 0.3) is 0 Å². The van der Waals surface area contributed by atoms with E-state index in [0.717, 1.165) is 41.2 Å². The Labute approximate surface area is 133 Å². The summed E-state index contributed by atoms with van der Waals surface area (Å²) in [6, 6.07) is 10.3. The van der Waals surface area contributed by atoms with E-state index < -0.39 is 0 Å². The van der Waals surface area contributed by atoms with E-state index in [9.17, 15) is 0 Å². The number of pyridine rings is 1. The number of morpholine rings is 1. The van der Waals surface area contributed by atoms with Crippen LogP contribution in [-0.2, 0) is 4.74 Å². The van der Waals surface area contributed by atoms with Crippen molar-refractivity contribution in [3.63, 3.8) is 0 Å². The Balaban J connectivity index is 1.70. The molecule has 110 valence electrons. The minimum absolute atomic E-state index is 0.152. The number of hydrogen-bond acceptors (Lipinski definition) is 4. The molecule has 1 aromatic carbocycles. The summed E-state index contributed by atoms with van der Waals surface area (Å²) in [6.45, 7) is 4.60. The van der Waals surface area contributed by atoms with E-state index in [-0.39, 0.29) is 6.10 Å². The van der Waals surface area contributed by atoms with Crippen molar-refractivity contribution in [3.05, 3.63) is 52.1 Å². The predicted octanol–water partition coefficient (Wildman–Crippen LogP) is 3.56. The predicted molar refractivity (Wildman–Crippen MR) is 88.0 cm³/mol. The van der Waals surface area contributed by atoms with Crippen LogP contribution in [-0.4, -0.2) is 24.7 Å². The number of benzene rings is 1. The summed E-state index contributed by atoms with van der Waals surface area (Å²) in [7, 11) is 0. The van der Waals surface area contributed by atoms with Crippen molar-refractivity contribution >= 4 is 27.4 Å². The van der Waals surface area contributed by atoms with Gasteiger partial charge in [-0.2, -0.15) is 0 Å². The largest absolute Gasteiger partial charge is 0.371 e. The lowest BCUT2D eigenvalue weighted by Gasteiger charge is -2.24. The quantitative estimate of drug-likeness (QED) is 0.891. The lowest BCUT2D eigenvalue weighted by Crippen LogP contribution is -2.33. The van der Waals surface area contributed by atoms with E-state index in [0.29, 0.717) is 0 Å². The summed E-state index contributed by atoms with van der Waals surface area (Å²) < 4.78 is 6.80. The Bertz CT molecular complexity index is 609.